The van der Waals surface area contributed by atoms with Gasteiger partial charge in [0.1, 0.15) is 11.3 Å². The molecular weight excluding hydrogens is 306 g/mol. The second kappa shape index (κ2) is 5.43. The summed E-state index contributed by atoms with van der Waals surface area (Å²) in [6.07, 6.45) is 0. The lowest BCUT2D eigenvalue weighted by molar-refractivity contribution is 0.0676. The molecule has 0 saturated heterocycles. The van der Waals surface area contributed by atoms with Crippen molar-refractivity contribution in [3.8, 4) is 0 Å². The van der Waals surface area contributed by atoms with E-state index in [1.807, 2.05) is 19.1 Å². The van der Waals surface area contributed by atoms with E-state index in [9.17, 15) is 4.79 Å². The van der Waals surface area contributed by atoms with Crippen LogP contribution in [0.15, 0.2) is 22.6 Å². The fraction of sp³-hybridized carbons (Fsp3) is 0.412. The van der Waals surface area contributed by atoms with E-state index in [1.165, 1.54) is 0 Å². The van der Waals surface area contributed by atoms with Gasteiger partial charge in [-0.25, -0.2) is 4.98 Å². The predicted molar refractivity (Wildman–Crippen MR) is 87.6 cm³/mol. The van der Waals surface area contributed by atoms with Crippen molar-refractivity contribution in [1.82, 2.24) is 24.6 Å². The highest BCUT2D eigenvalue weighted by atomic mass is 16.3. The van der Waals surface area contributed by atoms with Crippen LogP contribution in [0.5, 0.6) is 0 Å². The molecule has 0 N–H and O–H groups in total. The molecule has 0 fully saturated rings. The van der Waals surface area contributed by atoms with E-state index in [2.05, 4.69) is 33.6 Å². The molecule has 0 aromatic carbocycles. The lowest BCUT2D eigenvalue weighted by Gasteiger charge is -2.27. The molecule has 0 aliphatic carbocycles. The number of carbonyl (C=O) groups is 1. The molecular formula is C17H19N5O2. The molecule has 0 spiro atoms. The van der Waals surface area contributed by atoms with Crippen LogP contribution in [0.4, 0.5) is 0 Å². The number of carbonyl (C=O) groups excluding carboxylic acids is 1. The highest BCUT2D eigenvalue weighted by Gasteiger charge is 2.27. The first-order chi connectivity index (χ1) is 11.5. The number of aryl methyl sites for hydroxylation is 1. The van der Waals surface area contributed by atoms with Gasteiger partial charge in [-0.3, -0.25) is 4.79 Å². The van der Waals surface area contributed by atoms with E-state index < -0.39 is 0 Å². The van der Waals surface area contributed by atoms with Crippen LogP contribution in [0.2, 0.25) is 0 Å². The quantitative estimate of drug-likeness (QED) is 0.723. The van der Waals surface area contributed by atoms with Crippen molar-refractivity contribution in [2.75, 3.05) is 6.54 Å². The Morgan fingerprint density at radius 1 is 1.25 bits per heavy atom. The summed E-state index contributed by atoms with van der Waals surface area (Å²) in [4.78, 5) is 18.9. The van der Waals surface area contributed by atoms with Crippen molar-refractivity contribution in [3.63, 3.8) is 0 Å². The zero-order valence-corrected chi connectivity index (χ0v) is 14.0. The summed E-state index contributed by atoms with van der Waals surface area (Å²) >= 11 is 0. The van der Waals surface area contributed by atoms with E-state index in [4.69, 9.17) is 4.42 Å². The van der Waals surface area contributed by atoms with E-state index >= 15 is 0 Å². The van der Waals surface area contributed by atoms with Crippen molar-refractivity contribution in [2.45, 2.75) is 39.8 Å². The largest absolute Gasteiger partial charge is 0.449 e. The number of aromatic nitrogens is 4. The highest BCUT2D eigenvalue weighted by molar-refractivity contribution is 5.95. The maximum atomic E-state index is 12.8. The van der Waals surface area contributed by atoms with Gasteiger partial charge in [0, 0.05) is 30.8 Å². The summed E-state index contributed by atoms with van der Waals surface area (Å²) in [5.74, 6) is 2.30. The molecule has 0 saturated carbocycles. The molecule has 124 valence electrons. The Balaban J connectivity index is 1.60. The Morgan fingerprint density at radius 3 is 2.88 bits per heavy atom. The fourth-order valence-electron chi connectivity index (χ4n) is 3.07. The van der Waals surface area contributed by atoms with Crippen LogP contribution in [-0.4, -0.2) is 37.1 Å². The van der Waals surface area contributed by atoms with Crippen LogP contribution in [0.1, 0.15) is 47.7 Å². The second-order valence-electron chi connectivity index (χ2n) is 6.45. The van der Waals surface area contributed by atoms with Crippen LogP contribution in [-0.2, 0) is 13.1 Å². The number of nitrogens with zero attached hydrogens (tertiary/aromatic N) is 5. The van der Waals surface area contributed by atoms with Gasteiger partial charge in [0.25, 0.3) is 5.91 Å². The minimum absolute atomic E-state index is 0.133. The first kappa shape index (κ1) is 14.9. The number of amides is 1. The molecule has 1 aliphatic rings. The summed E-state index contributed by atoms with van der Waals surface area (Å²) in [5.41, 5.74) is 2.24. The summed E-state index contributed by atoms with van der Waals surface area (Å²) in [5, 5.41) is 8.48. The summed E-state index contributed by atoms with van der Waals surface area (Å²) in [7, 11) is 0. The van der Waals surface area contributed by atoms with Crippen molar-refractivity contribution in [3.05, 3.63) is 41.3 Å². The summed E-state index contributed by atoms with van der Waals surface area (Å²) in [6, 6.07) is 5.43. The van der Waals surface area contributed by atoms with Gasteiger partial charge in [0.05, 0.1) is 6.54 Å². The number of fused-ring (bicyclic) bond motifs is 2. The van der Waals surface area contributed by atoms with Gasteiger partial charge in [0.2, 0.25) is 0 Å². The van der Waals surface area contributed by atoms with E-state index in [-0.39, 0.29) is 5.91 Å². The molecule has 3 aromatic rings. The molecule has 7 heteroatoms. The minimum Gasteiger partial charge on any atom is -0.449 e. The van der Waals surface area contributed by atoms with Crippen LogP contribution < -0.4 is 0 Å². The first-order valence-electron chi connectivity index (χ1n) is 8.11. The normalized spacial score (nSPS) is 14.4. The maximum absolute atomic E-state index is 12.8. The highest BCUT2D eigenvalue weighted by Crippen LogP contribution is 2.22. The first-order valence-corrected chi connectivity index (χ1v) is 8.11. The third kappa shape index (κ3) is 2.36. The molecule has 4 heterocycles. The van der Waals surface area contributed by atoms with Gasteiger partial charge < -0.3 is 13.9 Å². The van der Waals surface area contributed by atoms with E-state index in [0.717, 1.165) is 17.3 Å². The van der Waals surface area contributed by atoms with Crippen molar-refractivity contribution in [2.24, 2.45) is 0 Å². The average Bonchev–Trinajstić information content (AvgIpc) is 3.16. The second-order valence-corrected chi connectivity index (χ2v) is 6.45. The number of rotatable bonds is 2. The molecule has 4 rings (SSSR count). The molecule has 1 amide bonds. The molecule has 1 aliphatic heterocycles. The molecule has 0 radical (unpaired) electrons. The van der Waals surface area contributed by atoms with Crippen molar-refractivity contribution < 1.29 is 9.21 Å². The van der Waals surface area contributed by atoms with Crippen LogP contribution >= 0.6 is 0 Å². The standard InChI is InChI=1S/C17H19N5O2/c1-10(2)16-20-19-15-9-21(6-7-22(15)16)17(23)14-8-12-13(24-14)5-4-11(3)18-12/h4-5,8,10H,6-7,9H2,1-3H3. The molecule has 3 aromatic heterocycles. The third-order valence-electron chi connectivity index (χ3n) is 4.31. The maximum Gasteiger partial charge on any atom is 0.290 e. The van der Waals surface area contributed by atoms with Gasteiger partial charge in [-0.05, 0) is 19.1 Å². The van der Waals surface area contributed by atoms with Crippen molar-refractivity contribution in [1.29, 1.82) is 0 Å². The van der Waals surface area contributed by atoms with Crippen LogP contribution in [0.3, 0.4) is 0 Å². The van der Waals surface area contributed by atoms with Crippen molar-refractivity contribution >= 4 is 17.0 Å². The Kier molecular flexibility index (Phi) is 3.37. The van der Waals surface area contributed by atoms with Gasteiger partial charge in [-0.2, -0.15) is 0 Å². The Labute approximate surface area is 139 Å². The molecule has 0 atom stereocenters. The monoisotopic (exact) mass is 325 g/mol. The van der Waals surface area contributed by atoms with E-state index in [0.29, 0.717) is 42.4 Å². The number of pyridine rings is 1. The SMILES string of the molecule is Cc1ccc2oc(C(=O)N3CCn4c(nnc4C(C)C)C3)cc2n1. The summed E-state index contributed by atoms with van der Waals surface area (Å²) < 4.78 is 7.78. The molecule has 0 bridgehead atoms. The smallest absolute Gasteiger partial charge is 0.290 e. The Bertz CT molecular complexity index is 924. The molecule has 7 nitrogen and oxygen atoms in total. The molecule has 24 heavy (non-hydrogen) atoms. The fourth-order valence-corrected chi connectivity index (χ4v) is 3.07. The topological polar surface area (TPSA) is 77.0 Å². The zero-order valence-electron chi connectivity index (χ0n) is 14.0. The number of furan rings is 1. The zero-order chi connectivity index (χ0) is 16.8. The summed E-state index contributed by atoms with van der Waals surface area (Å²) in [6.45, 7) is 7.88. The third-order valence-corrected chi connectivity index (χ3v) is 4.31. The minimum atomic E-state index is -0.133. The van der Waals surface area contributed by atoms with Gasteiger partial charge >= 0.3 is 0 Å². The Hall–Kier alpha value is -2.70. The predicted octanol–water partition coefficient (Wildman–Crippen LogP) is 2.51. The molecule has 0 unspecified atom stereocenters. The van der Waals surface area contributed by atoms with Gasteiger partial charge in [-0.15, -0.1) is 10.2 Å². The number of hydrogen-bond donors (Lipinski definition) is 0. The average molecular weight is 325 g/mol. The van der Waals surface area contributed by atoms with Gasteiger partial charge in [-0.1, -0.05) is 13.8 Å². The van der Waals surface area contributed by atoms with Crippen LogP contribution in [0.25, 0.3) is 11.1 Å². The van der Waals surface area contributed by atoms with Gasteiger partial charge in [0.15, 0.2) is 17.2 Å². The van der Waals surface area contributed by atoms with E-state index in [1.54, 1.807) is 11.0 Å². The van der Waals surface area contributed by atoms with Crippen LogP contribution in [0, 0.1) is 6.92 Å². The number of hydrogen-bond acceptors (Lipinski definition) is 5. The Morgan fingerprint density at radius 2 is 2.08 bits per heavy atom. The lowest BCUT2D eigenvalue weighted by Crippen LogP contribution is -2.38. The lowest BCUT2D eigenvalue weighted by atomic mass is 10.2.